The van der Waals surface area contributed by atoms with E-state index in [-0.39, 0.29) is 11.8 Å². The fraction of sp³-hybridized carbons (Fsp3) is 0.222. The summed E-state index contributed by atoms with van der Waals surface area (Å²) in [4.78, 5) is 23.0. The van der Waals surface area contributed by atoms with Gasteiger partial charge in [-0.2, -0.15) is 0 Å². The van der Waals surface area contributed by atoms with E-state index in [0.29, 0.717) is 30.6 Å². The van der Waals surface area contributed by atoms with Crippen LogP contribution >= 0.6 is 0 Å². The van der Waals surface area contributed by atoms with Gasteiger partial charge in [0.1, 0.15) is 5.82 Å². The molecule has 0 bridgehead atoms. The molecule has 0 spiro atoms. The van der Waals surface area contributed by atoms with Crippen LogP contribution in [0.4, 0.5) is 9.18 Å². The van der Waals surface area contributed by atoms with Crippen molar-refractivity contribution in [2.45, 2.75) is 13.0 Å². The van der Waals surface area contributed by atoms with Crippen LogP contribution in [0.2, 0.25) is 0 Å². The average molecular weight is 330 g/mol. The van der Waals surface area contributed by atoms with Crippen LogP contribution in [-0.2, 0) is 17.7 Å². The van der Waals surface area contributed by atoms with Gasteiger partial charge in [-0.25, -0.2) is 14.0 Å². The van der Waals surface area contributed by atoms with E-state index in [0.717, 1.165) is 5.56 Å². The molecule has 126 valence electrons. The van der Waals surface area contributed by atoms with Crippen molar-refractivity contribution in [1.82, 2.24) is 10.6 Å². The maximum Gasteiger partial charge on any atom is 0.337 e. The first-order valence-electron chi connectivity index (χ1n) is 7.52. The molecule has 0 heterocycles. The van der Waals surface area contributed by atoms with Gasteiger partial charge in [-0.3, -0.25) is 0 Å². The fourth-order valence-electron chi connectivity index (χ4n) is 2.13. The largest absolute Gasteiger partial charge is 0.465 e. The van der Waals surface area contributed by atoms with E-state index in [4.69, 9.17) is 0 Å². The number of ether oxygens (including phenoxy) is 1. The summed E-state index contributed by atoms with van der Waals surface area (Å²) in [5, 5.41) is 5.38. The molecule has 2 aromatic rings. The van der Waals surface area contributed by atoms with Crippen molar-refractivity contribution in [1.29, 1.82) is 0 Å². The van der Waals surface area contributed by atoms with Gasteiger partial charge in [0.05, 0.1) is 12.7 Å². The van der Waals surface area contributed by atoms with E-state index in [1.807, 2.05) is 0 Å². The first-order chi connectivity index (χ1) is 11.6. The summed E-state index contributed by atoms with van der Waals surface area (Å²) in [6.07, 6.45) is 0.425. The third-order valence-corrected chi connectivity index (χ3v) is 3.47. The number of carbonyl (C=O) groups is 2. The van der Waals surface area contributed by atoms with Crippen molar-refractivity contribution in [3.05, 3.63) is 71.0 Å². The maximum atomic E-state index is 13.4. The fourth-order valence-corrected chi connectivity index (χ4v) is 2.13. The zero-order chi connectivity index (χ0) is 17.4. The van der Waals surface area contributed by atoms with Gasteiger partial charge in [-0.05, 0) is 35.7 Å². The van der Waals surface area contributed by atoms with Crippen LogP contribution < -0.4 is 10.6 Å². The van der Waals surface area contributed by atoms with Crippen LogP contribution in [0.15, 0.2) is 48.5 Å². The molecule has 0 aliphatic heterocycles. The Balaban J connectivity index is 1.73. The Hall–Kier alpha value is -2.89. The number of halogens is 1. The van der Waals surface area contributed by atoms with Crippen molar-refractivity contribution in [2.24, 2.45) is 0 Å². The number of carbonyl (C=O) groups excluding carboxylic acids is 2. The number of rotatable bonds is 6. The van der Waals surface area contributed by atoms with Crippen LogP contribution in [0.1, 0.15) is 21.5 Å². The molecule has 0 unspecified atom stereocenters. The van der Waals surface area contributed by atoms with Gasteiger partial charge in [-0.1, -0.05) is 30.3 Å². The first-order valence-corrected chi connectivity index (χ1v) is 7.52. The molecule has 0 fully saturated rings. The zero-order valence-corrected chi connectivity index (χ0v) is 13.3. The molecule has 0 aliphatic carbocycles. The Bertz CT molecular complexity index is 702. The van der Waals surface area contributed by atoms with Gasteiger partial charge in [0.25, 0.3) is 0 Å². The number of methoxy groups -OCH3 is 1. The minimum Gasteiger partial charge on any atom is -0.465 e. The van der Waals surface area contributed by atoms with E-state index in [2.05, 4.69) is 15.4 Å². The van der Waals surface area contributed by atoms with Crippen molar-refractivity contribution >= 4 is 12.0 Å². The molecular formula is C18H19FN2O3. The second-order valence-electron chi connectivity index (χ2n) is 5.14. The molecule has 0 saturated heterocycles. The van der Waals surface area contributed by atoms with Crippen LogP contribution in [0.5, 0.6) is 0 Å². The van der Waals surface area contributed by atoms with Crippen molar-refractivity contribution in [3.8, 4) is 0 Å². The monoisotopic (exact) mass is 330 g/mol. The number of amides is 2. The Morgan fingerprint density at radius 2 is 1.75 bits per heavy atom. The Morgan fingerprint density at radius 3 is 2.42 bits per heavy atom. The summed E-state index contributed by atoms with van der Waals surface area (Å²) >= 11 is 0. The topological polar surface area (TPSA) is 67.4 Å². The summed E-state index contributed by atoms with van der Waals surface area (Å²) in [6, 6.07) is 12.9. The summed E-state index contributed by atoms with van der Waals surface area (Å²) < 4.78 is 18.1. The standard InChI is InChI=1S/C18H19FN2O3/c1-24-17(22)15-8-6-13(7-9-15)12-21-18(23)20-11-10-14-4-2-3-5-16(14)19/h2-9H,10-12H2,1H3,(H2,20,21,23). The van der Waals surface area contributed by atoms with Crippen molar-refractivity contribution in [3.63, 3.8) is 0 Å². The minimum absolute atomic E-state index is 0.273. The quantitative estimate of drug-likeness (QED) is 0.800. The lowest BCUT2D eigenvalue weighted by Gasteiger charge is -2.08. The first kappa shape index (κ1) is 17.5. The molecule has 0 radical (unpaired) electrons. The third-order valence-electron chi connectivity index (χ3n) is 3.47. The lowest BCUT2D eigenvalue weighted by molar-refractivity contribution is 0.0600. The summed E-state index contributed by atoms with van der Waals surface area (Å²) in [7, 11) is 1.32. The summed E-state index contributed by atoms with van der Waals surface area (Å²) in [6.45, 7) is 0.668. The molecular weight excluding hydrogens is 311 g/mol. The molecule has 0 aromatic heterocycles. The average Bonchev–Trinajstić information content (AvgIpc) is 2.61. The maximum absolute atomic E-state index is 13.4. The van der Waals surface area contributed by atoms with Gasteiger partial charge in [0, 0.05) is 13.1 Å². The molecule has 2 aromatic carbocycles. The van der Waals surface area contributed by atoms with E-state index >= 15 is 0 Å². The predicted octanol–water partition coefficient (Wildman–Crippen LogP) is 2.65. The lowest BCUT2D eigenvalue weighted by Crippen LogP contribution is -2.36. The number of hydrogen-bond donors (Lipinski definition) is 2. The highest BCUT2D eigenvalue weighted by Gasteiger charge is 2.06. The highest BCUT2D eigenvalue weighted by Crippen LogP contribution is 2.07. The van der Waals surface area contributed by atoms with Crippen LogP contribution in [0.3, 0.4) is 0 Å². The molecule has 5 nitrogen and oxygen atoms in total. The van der Waals surface area contributed by atoms with E-state index in [1.165, 1.54) is 13.2 Å². The van der Waals surface area contributed by atoms with Gasteiger partial charge in [-0.15, -0.1) is 0 Å². The molecule has 2 rings (SSSR count). The summed E-state index contributed by atoms with van der Waals surface area (Å²) in [5.41, 5.74) is 1.87. The van der Waals surface area contributed by atoms with Crippen molar-refractivity contribution < 1.29 is 18.7 Å². The van der Waals surface area contributed by atoms with E-state index < -0.39 is 5.97 Å². The normalized spacial score (nSPS) is 10.1. The molecule has 2 amide bonds. The number of nitrogens with one attached hydrogen (secondary N) is 2. The van der Waals surface area contributed by atoms with Gasteiger partial charge in [0.2, 0.25) is 0 Å². The Labute approximate surface area is 139 Å². The number of hydrogen-bond acceptors (Lipinski definition) is 3. The number of benzene rings is 2. The molecule has 24 heavy (non-hydrogen) atoms. The minimum atomic E-state index is -0.402. The van der Waals surface area contributed by atoms with Crippen molar-refractivity contribution in [2.75, 3.05) is 13.7 Å². The van der Waals surface area contributed by atoms with Crippen LogP contribution in [0.25, 0.3) is 0 Å². The molecule has 6 heteroatoms. The SMILES string of the molecule is COC(=O)c1ccc(CNC(=O)NCCc2ccccc2F)cc1. The highest BCUT2D eigenvalue weighted by molar-refractivity contribution is 5.89. The van der Waals surface area contributed by atoms with E-state index in [1.54, 1.807) is 42.5 Å². The molecule has 0 atom stereocenters. The Kier molecular flexibility index (Phi) is 6.31. The molecule has 0 aliphatic rings. The van der Waals surface area contributed by atoms with Gasteiger partial charge in [0.15, 0.2) is 0 Å². The molecule has 0 saturated carbocycles. The second-order valence-corrected chi connectivity index (χ2v) is 5.14. The number of esters is 1. The highest BCUT2D eigenvalue weighted by atomic mass is 19.1. The Morgan fingerprint density at radius 1 is 1.04 bits per heavy atom. The van der Waals surface area contributed by atoms with Gasteiger partial charge >= 0.3 is 12.0 Å². The van der Waals surface area contributed by atoms with Crippen LogP contribution in [-0.4, -0.2) is 25.7 Å². The van der Waals surface area contributed by atoms with E-state index in [9.17, 15) is 14.0 Å². The smallest absolute Gasteiger partial charge is 0.337 e. The third kappa shape index (κ3) is 5.08. The second kappa shape index (κ2) is 8.67. The predicted molar refractivity (Wildman–Crippen MR) is 88.1 cm³/mol. The van der Waals surface area contributed by atoms with Crippen LogP contribution in [0, 0.1) is 5.82 Å². The zero-order valence-electron chi connectivity index (χ0n) is 13.3. The summed E-state index contributed by atoms with van der Waals surface area (Å²) in [5.74, 6) is -0.675. The lowest BCUT2D eigenvalue weighted by atomic mass is 10.1. The number of urea groups is 1. The molecule has 2 N–H and O–H groups in total. The van der Waals surface area contributed by atoms with Gasteiger partial charge < -0.3 is 15.4 Å².